The van der Waals surface area contributed by atoms with E-state index in [2.05, 4.69) is 10.3 Å². The molecule has 1 rings (SSSR count). The molecule has 0 fully saturated rings. The van der Waals surface area contributed by atoms with Gasteiger partial charge in [0.25, 0.3) is 0 Å². The maximum atomic E-state index is 4.73. The molecule has 0 bridgehead atoms. The number of nitrogens with one attached hydrogen (secondary N) is 1. The maximum absolute atomic E-state index is 4.73. The molecule has 0 aromatic rings. The van der Waals surface area contributed by atoms with Gasteiger partial charge in [0.15, 0.2) is 0 Å². The van der Waals surface area contributed by atoms with Crippen molar-refractivity contribution in [2.75, 3.05) is 13.1 Å². The van der Waals surface area contributed by atoms with Gasteiger partial charge in [-0.3, -0.25) is 4.99 Å². The molecule has 1 aliphatic heterocycles. The van der Waals surface area contributed by atoms with Gasteiger partial charge in [0.1, 0.15) is 0 Å². The molecule has 0 atom stereocenters. The Hall–Kier alpha value is 0.556. The number of rotatable bonds is 0. The molecule has 0 aliphatic carbocycles. The Morgan fingerprint density at radius 1 is 1.62 bits per heavy atom. The van der Waals surface area contributed by atoms with Crippen LogP contribution < -0.4 is 5.32 Å². The molecule has 8 heavy (non-hydrogen) atoms. The fourth-order valence-electron chi connectivity index (χ4n) is 0.323. The van der Waals surface area contributed by atoms with Gasteiger partial charge < -0.3 is 5.32 Å². The third kappa shape index (κ3) is 6.56. The Morgan fingerprint density at radius 3 is 2.38 bits per heavy atom. The molecule has 0 aromatic carbocycles. The molecule has 1 N–H and O–H groups in total. The fourth-order valence-corrected chi connectivity index (χ4v) is 0.323. The molecule has 51 valence electrons. The molecular formula is C3H6Cl2CoN2. The Bertz CT molecular complexity index is 62.3. The standard InChI is InChI=1S/C3H6N2.2ClH.Co/c1-2-5-3-4-1;;;/h3H,1-2H2,(H,4,5);2*1H;/q;;;+2/p-2. The van der Waals surface area contributed by atoms with E-state index >= 15 is 0 Å². The second-order valence-corrected chi connectivity index (χ2v) is 2.76. The zero-order valence-electron chi connectivity index (χ0n) is 4.03. The molecule has 0 amide bonds. The summed E-state index contributed by atoms with van der Waals surface area (Å²) in [6, 6.07) is 0. The van der Waals surface area contributed by atoms with Crippen LogP contribution in [-0.4, -0.2) is 19.4 Å². The first-order chi connectivity index (χ1) is 3.91. The summed E-state index contributed by atoms with van der Waals surface area (Å²) in [5, 5.41) is 2.93. The van der Waals surface area contributed by atoms with Gasteiger partial charge in [0, 0.05) is 6.54 Å². The van der Waals surface area contributed by atoms with E-state index in [9.17, 15) is 0 Å². The number of aliphatic imine (C=N–C) groups is 1. The van der Waals surface area contributed by atoms with Crippen LogP contribution in [0.1, 0.15) is 0 Å². The van der Waals surface area contributed by atoms with Crippen molar-refractivity contribution in [3.8, 4) is 0 Å². The van der Waals surface area contributed by atoms with Crippen molar-refractivity contribution in [3.05, 3.63) is 0 Å². The molecule has 5 heteroatoms. The normalized spacial score (nSPS) is 14.8. The van der Waals surface area contributed by atoms with Gasteiger partial charge in [-0.2, -0.15) is 0 Å². The van der Waals surface area contributed by atoms with E-state index < -0.39 is 0 Å². The van der Waals surface area contributed by atoms with Crippen molar-refractivity contribution in [2.45, 2.75) is 0 Å². The summed E-state index contributed by atoms with van der Waals surface area (Å²) in [7, 11) is 9.47. The van der Waals surface area contributed by atoms with Crippen molar-refractivity contribution in [2.24, 2.45) is 4.99 Å². The Balaban J connectivity index is 0.000000145. The zero-order valence-corrected chi connectivity index (χ0v) is 6.58. The van der Waals surface area contributed by atoms with E-state index in [-0.39, 0.29) is 0 Å². The second kappa shape index (κ2) is 7.56. The first kappa shape index (κ1) is 8.56. The summed E-state index contributed by atoms with van der Waals surface area (Å²) < 4.78 is 0. The van der Waals surface area contributed by atoms with E-state index in [4.69, 9.17) is 20.3 Å². The number of hydrogen-bond acceptors (Lipinski definition) is 2. The SMILES string of the molecule is C1=NCCN1.[Cl][Co][Cl]. The van der Waals surface area contributed by atoms with Crippen LogP contribution >= 0.6 is 20.3 Å². The number of nitrogens with zero attached hydrogens (tertiary/aromatic N) is 1. The van der Waals surface area contributed by atoms with Crippen LogP contribution in [0.2, 0.25) is 0 Å². The molecule has 0 saturated heterocycles. The van der Waals surface area contributed by atoms with Gasteiger partial charge in [0.2, 0.25) is 0 Å². The molecule has 2 nitrogen and oxygen atoms in total. The molecule has 0 saturated carbocycles. The third-order valence-electron chi connectivity index (χ3n) is 0.568. The predicted molar refractivity (Wildman–Crippen MR) is 33.1 cm³/mol. The summed E-state index contributed by atoms with van der Waals surface area (Å²) in [5.74, 6) is 0. The van der Waals surface area contributed by atoms with E-state index in [0.717, 1.165) is 13.1 Å². The topological polar surface area (TPSA) is 24.4 Å². The average molecular weight is 200 g/mol. The quantitative estimate of drug-likeness (QED) is 0.619. The first-order valence-electron chi connectivity index (χ1n) is 1.97. The molecule has 0 spiro atoms. The van der Waals surface area contributed by atoms with Crippen molar-refractivity contribution < 1.29 is 12.9 Å². The molecule has 1 heterocycles. The monoisotopic (exact) mass is 199 g/mol. The van der Waals surface area contributed by atoms with E-state index in [0.29, 0.717) is 12.9 Å². The summed E-state index contributed by atoms with van der Waals surface area (Å²) in [6.07, 6.45) is 1.74. The average Bonchev–Trinajstić information content (AvgIpc) is 2.17. The summed E-state index contributed by atoms with van der Waals surface area (Å²) in [4.78, 5) is 3.85. The van der Waals surface area contributed by atoms with E-state index in [1.165, 1.54) is 0 Å². The summed E-state index contributed by atoms with van der Waals surface area (Å²) in [5.41, 5.74) is 0. The second-order valence-electron chi connectivity index (χ2n) is 1.04. The van der Waals surface area contributed by atoms with Crippen LogP contribution in [0, 0.1) is 0 Å². The zero-order chi connectivity index (χ0) is 6.24. The Labute approximate surface area is 63.1 Å². The third-order valence-corrected chi connectivity index (χ3v) is 0.568. The van der Waals surface area contributed by atoms with Crippen LogP contribution in [-0.2, 0) is 12.9 Å². The Morgan fingerprint density at radius 2 is 2.25 bits per heavy atom. The molecule has 1 aliphatic rings. The number of hydrogen-bond donors (Lipinski definition) is 1. The van der Waals surface area contributed by atoms with Crippen LogP contribution in [0.5, 0.6) is 0 Å². The van der Waals surface area contributed by atoms with Gasteiger partial charge in [-0.25, -0.2) is 0 Å². The summed E-state index contributed by atoms with van der Waals surface area (Å²) in [6.45, 7) is 1.99. The molecular weight excluding hydrogens is 194 g/mol. The van der Waals surface area contributed by atoms with Gasteiger partial charge in [-0.15, -0.1) is 0 Å². The van der Waals surface area contributed by atoms with Crippen LogP contribution in [0.25, 0.3) is 0 Å². The van der Waals surface area contributed by atoms with E-state index in [1.807, 2.05) is 0 Å². The predicted octanol–water partition coefficient (Wildman–Crippen LogP) is 0.994. The van der Waals surface area contributed by atoms with Gasteiger partial charge in [0.05, 0.1) is 12.9 Å². The van der Waals surface area contributed by atoms with Crippen LogP contribution in [0.15, 0.2) is 4.99 Å². The first-order valence-corrected chi connectivity index (χ1v) is 4.83. The molecule has 0 radical (unpaired) electrons. The van der Waals surface area contributed by atoms with Crippen molar-refractivity contribution in [1.82, 2.24) is 5.32 Å². The number of halogens is 2. The van der Waals surface area contributed by atoms with Crippen molar-refractivity contribution in [3.63, 3.8) is 0 Å². The molecule has 0 unspecified atom stereocenters. The van der Waals surface area contributed by atoms with E-state index in [1.54, 1.807) is 6.34 Å². The minimum atomic E-state index is 0.382. The van der Waals surface area contributed by atoms with Gasteiger partial charge in [-0.1, -0.05) is 0 Å². The van der Waals surface area contributed by atoms with Crippen LogP contribution in [0.4, 0.5) is 0 Å². The van der Waals surface area contributed by atoms with Crippen molar-refractivity contribution in [1.29, 1.82) is 0 Å². The molecule has 0 aromatic heterocycles. The van der Waals surface area contributed by atoms with Crippen LogP contribution in [0.3, 0.4) is 0 Å². The Kier molecular flexibility index (Phi) is 8.08. The van der Waals surface area contributed by atoms with Gasteiger partial charge in [-0.05, 0) is 0 Å². The minimum absolute atomic E-state index is 0.382. The summed E-state index contributed by atoms with van der Waals surface area (Å²) >= 11 is 0.382. The van der Waals surface area contributed by atoms with Gasteiger partial charge >= 0.3 is 33.2 Å². The fraction of sp³-hybridized carbons (Fsp3) is 0.667. The van der Waals surface area contributed by atoms with Crippen molar-refractivity contribution >= 4 is 26.6 Å².